The molecule has 1 amide bonds. The second kappa shape index (κ2) is 55.2. The number of rotatable bonds is 52. The quantitative estimate of drug-likeness (QED) is 0.0244. The fourth-order valence-corrected chi connectivity index (χ4v) is 8.69. The SMILES string of the molecule is CCC/C=C/C=C/C=C/C=C/C=C/CCCCCCCC(=O)OC(CCCCCCCCC/C=C/CCCCCCCC)CC(=O)NC(CO)C(O)CCCCCCCCCCCCCCCC. The van der Waals surface area contributed by atoms with Crippen LogP contribution in [0.4, 0.5) is 0 Å². The summed E-state index contributed by atoms with van der Waals surface area (Å²) in [5.74, 6) is -0.501. The molecule has 0 aliphatic rings. The first-order valence-electron chi connectivity index (χ1n) is 29.2. The zero-order valence-corrected chi connectivity index (χ0v) is 45.0. The smallest absolute Gasteiger partial charge is 0.306 e. The zero-order chi connectivity index (χ0) is 49.5. The lowest BCUT2D eigenvalue weighted by Crippen LogP contribution is -2.46. The second-order valence-corrected chi connectivity index (χ2v) is 19.8. The van der Waals surface area contributed by atoms with Crippen LogP contribution in [0.15, 0.2) is 72.9 Å². The number of allylic oxidation sites excluding steroid dienone is 12. The van der Waals surface area contributed by atoms with Crippen molar-refractivity contribution >= 4 is 11.9 Å². The van der Waals surface area contributed by atoms with Gasteiger partial charge in [-0.15, -0.1) is 0 Å². The molecule has 6 nitrogen and oxygen atoms in total. The summed E-state index contributed by atoms with van der Waals surface area (Å²) >= 11 is 0. The van der Waals surface area contributed by atoms with Gasteiger partial charge in [0.15, 0.2) is 0 Å². The highest BCUT2D eigenvalue weighted by Crippen LogP contribution is 2.18. The fourth-order valence-electron chi connectivity index (χ4n) is 8.69. The lowest BCUT2D eigenvalue weighted by Gasteiger charge is -2.24. The predicted octanol–water partition coefficient (Wildman–Crippen LogP) is 18.1. The summed E-state index contributed by atoms with van der Waals surface area (Å²) in [6.07, 6.45) is 71.0. The van der Waals surface area contributed by atoms with Crippen LogP contribution in [0.25, 0.3) is 0 Å². The van der Waals surface area contributed by atoms with E-state index in [2.05, 4.69) is 74.7 Å². The summed E-state index contributed by atoms with van der Waals surface area (Å²) in [5, 5.41) is 23.9. The van der Waals surface area contributed by atoms with Crippen LogP contribution in [0, 0.1) is 0 Å². The van der Waals surface area contributed by atoms with Gasteiger partial charge in [0.2, 0.25) is 5.91 Å². The lowest BCUT2D eigenvalue weighted by atomic mass is 10.0. The van der Waals surface area contributed by atoms with Gasteiger partial charge in [-0.2, -0.15) is 0 Å². The van der Waals surface area contributed by atoms with Gasteiger partial charge >= 0.3 is 5.97 Å². The molecule has 0 aliphatic carbocycles. The van der Waals surface area contributed by atoms with Crippen LogP contribution in [0.2, 0.25) is 0 Å². The number of ether oxygens (including phenoxy) is 1. The van der Waals surface area contributed by atoms with Crippen LogP contribution < -0.4 is 5.32 Å². The number of unbranched alkanes of at least 4 members (excludes halogenated alkanes) is 32. The van der Waals surface area contributed by atoms with Crippen LogP contribution in [0.5, 0.6) is 0 Å². The maximum atomic E-state index is 13.3. The normalized spacial score (nSPS) is 13.7. The van der Waals surface area contributed by atoms with Crippen molar-refractivity contribution in [2.45, 2.75) is 302 Å². The Kier molecular flexibility index (Phi) is 53.0. The van der Waals surface area contributed by atoms with Crippen molar-refractivity contribution in [1.29, 1.82) is 0 Å². The lowest BCUT2D eigenvalue weighted by molar-refractivity contribution is -0.151. The van der Waals surface area contributed by atoms with E-state index in [1.54, 1.807) is 0 Å². The van der Waals surface area contributed by atoms with Crippen molar-refractivity contribution in [3.8, 4) is 0 Å². The van der Waals surface area contributed by atoms with Gasteiger partial charge in [0.05, 0.1) is 25.2 Å². The van der Waals surface area contributed by atoms with Gasteiger partial charge < -0.3 is 20.3 Å². The molecular weight excluding hydrogens is 839 g/mol. The van der Waals surface area contributed by atoms with E-state index in [4.69, 9.17) is 4.74 Å². The van der Waals surface area contributed by atoms with Crippen LogP contribution >= 0.6 is 0 Å². The van der Waals surface area contributed by atoms with Gasteiger partial charge in [0.25, 0.3) is 0 Å². The predicted molar refractivity (Wildman–Crippen MR) is 296 cm³/mol. The van der Waals surface area contributed by atoms with E-state index in [-0.39, 0.29) is 24.9 Å². The van der Waals surface area contributed by atoms with Gasteiger partial charge in [0, 0.05) is 6.42 Å². The third kappa shape index (κ3) is 49.7. The molecule has 0 fully saturated rings. The van der Waals surface area contributed by atoms with Crippen molar-refractivity contribution in [2.24, 2.45) is 0 Å². The van der Waals surface area contributed by atoms with Gasteiger partial charge in [-0.1, -0.05) is 273 Å². The van der Waals surface area contributed by atoms with Crippen molar-refractivity contribution in [3.05, 3.63) is 72.9 Å². The van der Waals surface area contributed by atoms with Crippen LogP contribution in [-0.4, -0.2) is 46.9 Å². The maximum absolute atomic E-state index is 13.3. The van der Waals surface area contributed by atoms with Gasteiger partial charge in [0.1, 0.15) is 6.10 Å². The molecule has 0 aromatic heterocycles. The first kappa shape index (κ1) is 65.3. The van der Waals surface area contributed by atoms with E-state index < -0.39 is 18.2 Å². The zero-order valence-electron chi connectivity index (χ0n) is 45.0. The summed E-state index contributed by atoms with van der Waals surface area (Å²) < 4.78 is 5.96. The molecule has 3 atom stereocenters. The number of hydrogen-bond acceptors (Lipinski definition) is 5. The highest BCUT2D eigenvalue weighted by atomic mass is 16.5. The Balaban J connectivity index is 4.63. The monoisotopic (exact) mass is 950 g/mol. The fraction of sp³-hybridized carbons (Fsp3) is 0.774. The van der Waals surface area contributed by atoms with Crippen LogP contribution in [0.3, 0.4) is 0 Å². The van der Waals surface area contributed by atoms with Gasteiger partial charge in [-0.05, 0) is 70.6 Å². The molecule has 394 valence electrons. The molecule has 0 radical (unpaired) electrons. The van der Waals surface area contributed by atoms with Crippen LogP contribution in [-0.2, 0) is 14.3 Å². The number of amides is 1. The van der Waals surface area contributed by atoms with Gasteiger partial charge in [-0.3, -0.25) is 9.59 Å². The Labute approximate surface area is 421 Å². The Bertz CT molecular complexity index is 1250. The minimum absolute atomic E-state index is 0.0625. The summed E-state index contributed by atoms with van der Waals surface area (Å²) in [5.41, 5.74) is 0. The van der Waals surface area contributed by atoms with E-state index in [0.717, 1.165) is 83.5 Å². The van der Waals surface area contributed by atoms with Crippen LogP contribution in [0.1, 0.15) is 284 Å². The molecule has 0 saturated heterocycles. The maximum Gasteiger partial charge on any atom is 0.306 e. The number of aliphatic hydroxyl groups excluding tert-OH is 2. The molecule has 0 aromatic carbocycles. The van der Waals surface area contributed by atoms with E-state index in [9.17, 15) is 19.8 Å². The standard InChI is InChI=1S/C62H111NO5/c1-4-7-10-13-16-19-22-25-28-30-32-34-37-40-43-46-49-52-55-62(67)68-58(53-50-47-44-41-38-35-33-31-29-26-23-20-17-14-11-8-5-2)56-61(66)63-59(57-64)60(65)54-51-48-45-42-39-36-27-24-21-18-15-12-9-6-3/h10,13,16,19,22,25-26,28-30,32,34,58-60,64-65H,4-9,11-12,14-15,17-18,20-21,23-24,27,31,33,35-57H2,1-3H3,(H,63,66)/b13-10+,19-16+,25-22+,29-26+,30-28+,34-32+. The van der Waals surface area contributed by atoms with E-state index >= 15 is 0 Å². The number of hydrogen-bond donors (Lipinski definition) is 3. The summed E-state index contributed by atoms with van der Waals surface area (Å²) in [7, 11) is 0. The molecule has 3 unspecified atom stereocenters. The minimum Gasteiger partial charge on any atom is -0.462 e. The second-order valence-electron chi connectivity index (χ2n) is 19.8. The average Bonchev–Trinajstić information content (AvgIpc) is 3.33. The topological polar surface area (TPSA) is 95.9 Å². The molecule has 0 aliphatic heterocycles. The highest BCUT2D eigenvalue weighted by Gasteiger charge is 2.24. The molecule has 0 heterocycles. The van der Waals surface area contributed by atoms with Crippen molar-refractivity contribution in [2.75, 3.05) is 6.61 Å². The molecule has 6 heteroatoms. The molecule has 0 bridgehead atoms. The third-order valence-electron chi connectivity index (χ3n) is 13.1. The van der Waals surface area contributed by atoms with Gasteiger partial charge in [-0.25, -0.2) is 0 Å². The average molecular weight is 951 g/mol. The Hall–Kier alpha value is -2.70. The summed E-state index contributed by atoms with van der Waals surface area (Å²) in [6, 6.07) is -0.712. The molecule has 68 heavy (non-hydrogen) atoms. The Morgan fingerprint density at radius 3 is 1.24 bits per heavy atom. The molecule has 0 rings (SSSR count). The number of carbonyl (C=O) groups excluding carboxylic acids is 2. The number of carbonyl (C=O) groups is 2. The molecule has 0 aromatic rings. The first-order valence-corrected chi connectivity index (χ1v) is 29.2. The Morgan fingerprint density at radius 2 is 0.794 bits per heavy atom. The van der Waals surface area contributed by atoms with Crippen molar-refractivity contribution < 1.29 is 24.5 Å². The molecular formula is C62H111NO5. The van der Waals surface area contributed by atoms with E-state index in [1.807, 2.05) is 24.3 Å². The molecule has 0 spiro atoms. The Morgan fingerprint density at radius 1 is 0.426 bits per heavy atom. The summed E-state index contributed by atoms with van der Waals surface area (Å²) in [4.78, 5) is 26.3. The van der Waals surface area contributed by atoms with Crippen molar-refractivity contribution in [3.63, 3.8) is 0 Å². The number of aliphatic hydroxyl groups is 2. The molecule has 3 N–H and O–H groups in total. The number of nitrogens with one attached hydrogen (secondary N) is 1. The minimum atomic E-state index is -0.797. The molecule has 0 saturated carbocycles. The highest BCUT2D eigenvalue weighted by molar-refractivity contribution is 5.77. The number of esters is 1. The van der Waals surface area contributed by atoms with Crippen molar-refractivity contribution in [1.82, 2.24) is 5.32 Å². The van der Waals surface area contributed by atoms with E-state index in [0.29, 0.717) is 19.3 Å². The third-order valence-corrected chi connectivity index (χ3v) is 13.1. The van der Waals surface area contributed by atoms with E-state index in [1.165, 1.54) is 154 Å². The largest absolute Gasteiger partial charge is 0.462 e. The summed E-state index contributed by atoms with van der Waals surface area (Å²) in [6.45, 7) is 6.41. The first-order chi connectivity index (χ1) is 33.5.